The van der Waals surface area contributed by atoms with Gasteiger partial charge in [0.15, 0.2) is 0 Å². The number of pyridine rings is 1. The molecule has 0 aliphatic heterocycles. The monoisotopic (exact) mass is 293 g/mol. The average Bonchev–Trinajstić information content (AvgIpc) is 2.44. The van der Waals surface area contributed by atoms with Crippen LogP contribution in [0.2, 0.25) is 5.02 Å². The van der Waals surface area contributed by atoms with E-state index in [1.54, 1.807) is 11.8 Å². The van der Waals surface area contributed by atoms with Crippen LogP contribution in [-0.4, -0.2) is 18.1 Å². The molecule has 2 aromatic rings. The molecule has 0 bridgehead atoms. The molecule has 0 spiro atoms. The summed E-state index contributed by atoms with van der Waals surface area (Å²) in [6.45, 7) is 2.27. The first-order valence-corrected chi connectivity index (χ1v) is 7.26. The molecule has 0 fully saturated rings. The van der Waals surface area contributed by atoms with E-state index in [2.05, 4.69) is 16.4 Å². The van der Waals surface area contributed by atoms with Gasteiger partial charge in [-0.2, -0.15) is 0 Å². The van der Waals surface area contributed by atoms with Crippen molar-refractivity contribution in [2.45, 2.75) is 16.5 Å². The van der Waals surface area contributed by atoms with E-state index in [9.17, 15) is 0 Å². The van der Waals surface area contributed by atoms with Gasteiger partial charge in [-0.05, 0) is 35.9 Å². The van der Waals surface area contributed by atoms with Gasteiger partial charge in [0.25, 0.3) is 0 Å². The van der Waals surface area contributed by atoms with E-state index in [0.29, 0.717) is 6.54 Å². The molecule has 0 atom stereocenters. The molecular weight excluding hydrogens is 278 g/mol. The molecule has 3 N–H and O–H groups in total. The van der Waals surface area contributed by atoms with Gasteiger partial charge in [-0.15, -0.1) is 0 Å². The topological polar surface area (TPSA) is 50.9 Å². The molecule has 1 heterocycles. The van der Waals surface area contributed by atoms with E-state index in [0.717, 1.165) is 33.6 Å². The zero-order valence-electron chi connectivity index (χ0n) is 10.5. The van der Waals surface area contributed by atoms with Gasteiger partial charge in [-0.25, -0.2) is 4.98 Å². The zero-order chi connectivity index (χ0) is 13.5. The van der Waals surface area contributed by atoms with Gasteiger partial charge in [0.1, 0.15) is 5.03 Å². The Kier molecular flexibility index (Phi) is 5.66. The van der Waals surface area contributed by atoms with Gasteiger partial charge < -0.3 is 11.1 Å². The van der Waals surface area contributed by atoms with Gasteiger partial charge in [-0.1, -0.05) is 29.4 Å². The Morgan fingerprint density at radius 2 is 1.95 bits per heavy atom. The molecule has 0 saturated heterocycles. The van der Waals surface area contributed by atoms with Crippen molar-refractivity contribution in [1.29, 1.82) is 0 Å². The molecule has 2 rings (SSSR count). The van der Waals surface area contributed by atoms with Crippen molar-refractivity contribution in [3.8, 4) is 0 Å². The number of rotatable bonds is 6. The number of nitrogens with zero attached hydrogens (tertiary/aromatic N) is 1. The molecule has 100 valence electrons. The first kappa shape index (κ1) is 14.3. The molecule has 0 aliphatic rings. The van der Waals surface area contributed by atoms with Crippen LogP contribution >= 0.6 is 23.4 Å². The quantitative estimate of drug-likeness (QED) is 0.804. The third-order valence-electron chi connectivity index (χ3n) is 2.48. The van der Waals surface area contributed by atoms with Crippen molar-refractivity contribution in [2.24, 2.45) is 5.73 Å². The summed E-state index contributed by atoms with van der Waals surface area (Å²) in [6, 6.07) is 11.9. The van der Waals surface area contributed by atoms with Crippen molar-refractivity contribution < 1.29 is 0 Å². The second-order valence-corrected chi connectivity index (χ2v) is 5.56. The largest absolute Gasteiger partial charge is 0.329 e. The third kappa shape index (κ3) is 4.84. The lowest BCUT2D eigenvalue weighted by Crippen LogP contribution is -2.21. The fraction of sp³-hybridized carbons (Fsp3) is 0.214. The smallest absolute Gasteiger partial charge is 0.101 e. The van der Waals surface area contributed by atoms with Crippen molar-refractivity contribution in [2.75, 3.05) is 13.1 Å². The number of nitrogens with one attached hydrogen (secondary N) is 1. The van der Waals surface area contributed by atoms with Gasteiger partial charge >= 0.3 is 0 Å². The lowest BCUT2D eigenvalue weighted by molar-refractivity contribution is 0.692. The zero-order valence-corrected chi connectivity index (χ0v) is 12.0. The van der Waals surface area contributed by atoms with Gasteiger partial charge in [0, 0.05) is 35.7 Å². The molecule has 3 nitrogen and oxygen atoms in total. The van der Waals surface area contributed by atoms with Gasteiger partial charge in [0.2, 0.25) is 0 Å². The molecule has 5 heteroatoms. The standard InChI is InChI=1S/C14H16ClN3S/c15-12-2-4-13(5-3-12)19-14-6-1-11(10-18-14)9-17-8-7-16/h1-6,10,17H,7-9,16H2. The number of hydrogen-bond acceptors (Lipinski definition) is 4. The lowest BCUT2D eigenvalue weighted by atomic mass is 10.3. The third-order valence-corrected chi connectivity index (χ3v) is 3.69. The van der Waals surface area contributed by atoms with Crippen molar-refractivity contribution >= 4 is 23.4 Å². The van der Waals surface area contributed by atoms with Gasteiger partial charge in [0.05, 0.1) is 0 Å². The van der Waals surface area contributed by atoms with Crippen LogP contribution in [0, 0.1) is 0 Å². The Balaban J connectivity index is 1.92. The van der Waals surface area contributed by atoms with Crippen LogP contribution < -0.4 is 11.1 Å². The van der Waals surface area contributed by atoms with Crippen LogP contribution in [0.5, 0.6) is 0 Å². The van der Waals surface area contributed by atoms with E-state index in [4.69, 9.17) is 17.3 Å². The highest BCUT2D eigenvalue weighted by Gasteiger charge is 1.99. The van der Waals surface area contributed by atoms with Crippen LogP contribution in [0.3, 0.4) is 0 Å². The first-order chi connectivity index (χ1) is 9.28. The summed E-state index contributed by atoms with van der Waals surface area (Å²) in [5.74, 6) is 0. The minimum atomic E-state index is 0.651. The summed E-state index contributed by atoms with van der Waals surface area (Å²) in [5, 5.41) is 4.97. The molecule has 0 amide bonds. The number of hydrogen-bond donors (Lipinski definition) is 2. The number of halogens is 1. The maximum Gasteiger partial charge on any atom is 0.101 e. The van der Waals surface area contributed by atoms with Crippen LogP contribution in [0.15, 0.2) is 52.5 Å². The summed E-state index contributed by atoms with van der Waals surface area (Å²) >= 11 is 7.48. The Labute approximate surface area is 122 Å². The molecule has 0 unspecified atom stereocenters. The molecular formula is C14H16ClN3S. The van der Waals surface area contributed by atoms with Crippen LogP contribution in [0.1, 0.15) is 5.56 Å². The number of aromatic nitrogens is 1. The predicted octanol–water partition coefficient (Wildman–Crippen LogP) is 2.93. The minimum absolute atomic E-state index is 0.651. The first-order valence-electron chi connectivity index (χ1n) is 6.07. The Morgan fingerprint density at radius 1 is 1.16 bits per heavy atom. The maximum absolute atomic E-state index is 5.86. The van der Waals surface area contributed by atoms with E-state index >= 15 is 0 Å². The molecule has 0 saturated carbocycles. The Morgan fingerprint density at radius 3 is 2.58 bits per heavy atom. The summed E-state index contributed by atoms with van der Waals surface area (Å²) in [5.41, 5.74) is 6.58. The normalized spacial score (nSPS) is 10.6. The molecule has 1 aromatic carbocycles. The maximum atomic E-state index is 5.86. The lowest BCUT2D eigenvalue weighted by Gasteiger charge is -2.04. The molecule has 1 aromatic heterocycles. The second kappa shape index (κ2) is 7.50. The molecule has 0 aliphatic carbocycles. The predicted molar refractivity (Wildman–Crippen MR) is 80.6 cm³/mol. The van der Waals surface area contributed by atoms with Crippen LogP contribution in [-0.2, 0) is 6.54 Å². The average molecular weight is 294 g/mol. The SMILES string of the molecule is NCCNCc1ccc(Sc2ccc(Cl)cc2)nc1. The molecule has 19 heavy (non-hydrogen) atoms. The van der Waals surface area contributed by atoms with Crippen molar-refractivity contribution in [3.05, 3.63) is 53.2 Å². The Bertz CT molecular complexity index is 499. The van der Waals surface area contributed by atoms with Crippen molar-refractivity contribution in [3.63, 3.8) is 0 Å². The number of benzene rings is 1. The van der Waals surface area contributed by atoms with Gasteiger partial charge in [-0.3, -0.25) is 0 Å². The summed E-state index contributed by atoms with van der Waals surface area (Å²) in [4.78, 5) is 5.56. The Hall–Kier alpha value is -1.07. The summed E-state index contributed by atoms with van der Waals surface area (Å²) in [7, 11) is 0. The van der Waals surface area contributed by atoms with Crippen LogP contribution in [0.4, 0.5) is 0 Å². The van der Waals surface area contributed by atoms with E-state index in [1.165, 1.54) is 0 Å². The fourth-order valence-electron chi connectivity index (χ4n) is 1.53. The van der Waals surface area contributed by atoms with Crippen LogP contribution in [0.25, 0.3) is 0 Å². The fourth-order valence-corrected chi connectivity index (χ4v) is 2.42. The van der Waals surface area contributed by atoms with E-state index in [1.807, 2.05) is 36.5 Å². The highest BCUT2D eigenvalue weighted by molar-refractivity contribution is 7.99. The minimum Gasteiger partial charge on any atom is -0.329 e. The second-order valence-electron chi connectivity index (χ2n) is 4.03. The summed E-state index contributed by atoms with van der Waals surface area (Å²) in [6.07, 6.45) is 1.89. The van der Waals surface area contributed by atoms with Crippen molar-refractivity contribution in [1.82, 2.24) is 10.3 Å². The summed E-state index contributed by atoms with van der Waals surface area (Å²) < 4.78 is 0. The van der Waals surface area contributed by atoms with E-state index < -0.39 is 0 Å². The highest BCUT2D eigenvalue weighted by Crippen LogP contribution is 2.26. The highest BCUT2D eigenvalue weighted by atomic mass is 35.5. The molecule has 0 radical (unpaired) electrons. The number of nitrogens with two attached hydrogens (primary N) is 1. The van der Waals surface area contributed by atoms with E-state index in [-0.39, 0.29) is 0 Å².